The summed E-state index contributed by atoms with van der Waals surface area (Å²) < 4.78 is 13.3. The third kappa shape index (κ3) is 4.02. The molecular weight excluding hydrogens is 198 g/mol. The predicted molar refractivity (Wildman–Crippen MR) is 58.2 cm³/mol. The minimum absolute atomic E-state index is 0.368. The van der Waals surface area contributed by atoms with Crippen molar-refractivity contribution >= 4 is 10.8 Å². The molecule has 0 aliphatic rings. The van der Waals surface area contributed by atoms with Crippen LogP contribution in [0.2, 0.25) is 0 Å². The van der Waals surface area contributed by atoms with Gasteiger partial charge in [0.2, 0.25) is 0 Å². The first-order valence-corrected chi connectivity index (χ1v) is 5.97. The highest BCUT2D eigenvalue weighted by molar-refractivity contribution is 7.84. The lowest BCUT2D eigenvalue weighted by atomic mass is 10.1. The molecule has 0 saturated carbocycles. The van der Waals surface area contributed by atoms with E-state index in [1.807, 2.05) is 27.1 Å². The van der Waals surface area contributed by atoms with Crippen LogP contribution in [0.1, 0.15) is 19.4 Å². The lowest BCUT2D eigenvalue weighted by molar-refractivity contribution is 0.577. The molecule has 14 heavy (non-hydrogen) atoms. The third-order valence-electron chi connectivity index (χ3n) is 1.62. The van der Waals surface area contributed by atoms with Crippen LogP contribution in [0.5, 0.6) is 0 Å². The van der Waals surface area contributed by atoms with Crippen molar-refractivity contribution in [2.45, 2.75) is 25.1 Å². The van der Waals surface area contributed by atoms with Gasteiger partial charge in [-0.05, 0) is 13.8 Å². The van der Waals surface area contributed by atoms with Gasteiger partial charge in [0, 0.05) is 40.9 Å². The van der Waals surface area contributed by atoms with Gasteiger partial charge in [-0.15, -0.1) is 0 Å². The van der Waals surface area contributed by atoms with E-state index in [0.29, 0.717) is 11.5 Å². The molecule has 2 N–H and O–H groups in total. The second-order valence-electron chi connectivity index (χ2n) is 4.24. The van der Waals surface area contributed by atoms with E-state index in [-0.39, 0.29) is 5.54 Å². The summed E-state index contributed by atoms with van der Waals surface area (Å²) in [4.78, 5) is 0. The van der Waals surface area contributed by atoms with Gasteiger partial charge in [-0.1, -0.05) is 0 Å². The second-order valence-corrected chi connectivity index (χ2v) is 5.70. The zero-order valence-electron chi connectivity index (χ0n) is 8.86. The number of hydrogen-bond donors (Lipinski definition) is 1. The molecule has 0 amide bonds. The number of nitrogens with two attached hydrogens (primary N) is 1. The first-order valence-electron chi connectivity index (χ1n) is 4.48. The first kappa shape index (κ1) is 11.4. The topological polar surface area (TPSA) is 60.9 Å². The van der Waals surface area contributed by atoms with E-state index in [4.69, 9.17) is 5.73 Å². The first-order chi connectivity index (χ1) is 6.37. The zero-order valence-corrected chi connectivity index (χ0v) is 9.67. The van der Waals surface area contributed by atoms with E-state index in [1.165, 1.54) is 0 Å². The molecule has 1 rings (SSSR count). The molecule has 1 aromatic heterocycles. The van der Waals surface area contributed by atoms with Crippen molar-refractivity contribution in [1.82, 2.24) is 9.78 Å². The Bertz CT molecular complexity index is 327. The lowest BCUT2D eigenvalue weighted by Crippen LogP contribution is -2.38. The molecule has 0 radical (unpaired) electrons. The fraction of sp³-hybridized carbons (Fsp3) is 0.667. The van der Waals surface area contributed by atoms with Crippen LogP contribution in [0, 0.1) is 0 Å². The van der Waals surface area contributed by atoms with E-state index >= 15 is 0 Å². The van der Waals surface area contributed by atoms with Crippen molar-refractivity contribution in [3.63, 3.8) is 0 Å². The molecule has 1 unspecified atom stereocenters. The molecule has 4 nitrogen and oxygen atoms in total. The summed E-state index contributed by atoms with van der Waals surface area (Å²) in [6.45, 7) is 3.77. The molecule has 1 atom stereocenters. The van der Waals surface area contributed by atoms with Gasteiger partial charge >= 0.3 is 0 Å². The molecule has 0 aliphatic heterocycles. The molecule has 5 heteroatoms. The van der Waals surface area contributed by atoms with Crippen LogP contribution in [0.4, 0.5) is 0 Å². The predicted octanol–water partition coefficient (Wildman–Crippen LogP) is 0.406. The number of hydrogen-bond acceptors (Lipinski definition) is 3. The van der Waals surface area contributed by atoms with E-state index < -0.39 is 10.8 Å². The Balaban J connectivity index is 2.50. The smallest absolute Gasteiger partial charge is 0.0531 e. The monoisotopic (exact) mass is 215 g/mol. The Morgan fingerprint density at radius 3 is 2.71 bits per heavy atom. The van der Waals surface area contributed by atoms with Gasteiger partial charge in [0.1, 0.15) is 0 Å². The highest BCUT2D eigenvalue weighted by atomic mass is 32.2. The Hall–Kier alpha value is -0.680. The SMILES string of the molecule is Cn1cc(CS(=O)CC(C)(C)N)cn1. The van der Waals surface area contributed by atoms with Crippen molar-refractivity contribution in [2.75, 3.05) is 5.75 Å². The second kappa shape index (κ2) is 4.23. The van der Waals surface area contributed by atoms with Crippen molar-refractivity contribution in [3.05, 3.63) is 18.0 Å². The van der Waals surface area contributed by atoms with Crippen molar-refractivity contribution in [1.29, 1.82) is 0 Å². The van der Waals surface area contributed by atoms with Crippen LogP contribution in [0.3, 0.4) is 0 Å². The molecule has 80 valence electrons. The summed E-state index contributed by atoms with van der Waals surface area (Å²) in [5, 5.41) is 4.02. The van der Waals surface area contributed by atoms with Crippen LogP contribution in [0.15, 0.2) is 12.4 Å². The minimum Gasteiger partial charge on any atom is -0.325 e. The fourth-order valence-corrected chi connectivity index (χ4v) is 2.65. The molecule has 0 fully saturated rings. The largest absolute Gasteiger partial charge is 0.325 e. The van der Waals surface area contributed by atoms with Crippen LogP contribution < -0.4 is 5.73 Å². The highest BCUT2D eigenvalue weighted by Gasteiger charge is 2.15. The third-order valence-corrected chi connectivity index (χ3v) is 3.34. The summed E-state index contributed by atoms with van der Waals surface area (Å²) in [7, 11) is 0.941. The van der Waals surface area contributed by atoms with Crippen LogP contribution in [0.25, 0.3) is 0 Å². The Morgan fingerprint density at radius 2 is 2.29 bits per heavy atom. The summed E-state index contributed by atoms with van der Waals surface area (Å²) >= 11 is 0. The molecule has 1 aromatic rings. The minimum atomic E-state index is -0.905. The molecule has 0 saturated heterocycles. The van der Waals surface area contributed by atoms with Crippen molar-refractivity contribution in [3.8, 4) is 0 Å². The quantitative estimate of drug-likeness (QED) is 0.791. The van der Waals surface area contributed by atoms with Gasteiger partial charge in [0.15, 0.2) is 0 Å². The van der Waals surface area contributed by atoms with Gasteiger partial charge in [0.05, 0.1) is 11.9 Å². The van der Waals surface area contributed by atoms with Crippen LogP contribution >= 0.6 is 0 Å². The maximum absolute atomic E-state index is 11.6. The maximum Gasteiger partial charge on any atom is 0.0531 e. The molecule has 0 spiro atoms. The molecule has 0 bridgehead atoms. The average molecular weight is 215 g/mol. The van der Waals surface area contributed by atoms with E-state index in [1.54, 1.807) is 10.9 Å². The van der Waals surface area contributed by atoms with Gasteiger partial charge in [-0.25, -0.2) is 0 Å². The summed E-state index contributed by atoms with van der Waals surface area (Å²) in [5.41, 5.74) is 6.41. The fourth-order valence-electron chi connectivity index (χ4n) is 1.20. The van der Waals surface area contributed by atoms with Gasteiger partial charge < -0.3 is 5.73 Å². The molecular formula is C9H17N3OS. The molecule has 0 aliphatic carbocycles. The number of rotatable bonds is 4. The average Bonchev–Trinajstić information content (AvgIpc) is 2.30. The summed E-state index contributed by atoms with van der Waals surface area (Å²) in [6, 6.07) is 0. The zero-order chi connectivity index (χ0) is 10.8. The number of aryl methyl sites for hydroxylation is 1. The molecule has 0 aromatic carbocycles. The standard InChI is InChI=1S/C9H17N3OS/c1-9(2,10)7-14(13)6-8-4-11-12(3)5-8/h4-5H,6-7,10H2,1-3H3. The van der Waals surface area contributed by atoms with Crippen molar-refractivity contribution < 1.29 is 4.21 Å². The highest BCUT2D eigenvalue weighted by Crippen LogP contribution is 2.06. The normalized spacial score (nSPS) is 14.3. The Kier molecular flexibility index (Phi) is 3.44. The van der Waals surface area contributed by atoms with Gasteiger partial charge in [0.25, 0.3) is 0 Å². The molecule has 1 heterocycles. The lowest BCUT2D eigenvalue weighted by Gasteiger charge is -2.16. The van der Waals surface area contributed by atoms with E-state index in [2.05, 4.69) is 5.10 Å². The summed E-state index contributed by atoms with van der Waals surface area (Å²) in [6.07, 6.45) is 3.61. The van der Waals surface area contributed by atoms with Gasteiger partial charge in [-0.2, -0.15) is 5.10 Å². The van der Waals surface area contributed by atoms with Gasteiger partial charge in [-0.3, -0.25) is 8.89 Å². The number of nitrogens with zero attached hydrogens (tertiary/aromatic N) is 2. The van der Waals surface area contributed by atoms with Crippen molar-refractivity contribution in [2.24, 2.45) is 12.8 Å². The van der Waals surface area contributed by atoms with Crippen LogP contribution in [-0.2, 0) is 23.6 Å². The Labute approximate surface area is 86.9 Å². The number of aromatic nitrogens is 2. The van der Waals surface area contributed by atoms with Crippen LogP contribution in [-0.4, -0.2) is 25.3 Å². The summed E-state index contributed by atoms with van der Waals surface area (Å²) in [5.74, 6) is 1.05. The van der Waals surface area contributed by atoms with E-state index in [9.17, 15) is 4.21 Å². The maximum atomic E-state index is 11.6. The Morgan fingerprint density at radius 1 is 1.64 bits per heavy atom. The van der Waals surface area contributed by atoms with E-state index in [0.717, 1.165) is 5.56 Å².